The number of nitrogens with zero attached hydrogens (tertiary/aromatic N) is 1. The first-order chi connectivity index (χ1) is 10.6. The van der Waals surface area contributed by atoms with Gasteiger partial charge in [-0.25, -0.2) is 0 Å². The van der Waals surface area contributed by atoms with Crippen LogP contribution >= 0.6 is 11.6 Å². The molecule has 5 nitrogen and oxygen atoms in total. The third-order valence-electron chi connectivity index (χ3n) is 3.14. The van der Waals surface area contributed by atoms with Crippen molar-refractivity contribution in [2.45, 2.75) is 27.2 Å². The van der Waals surface area contributed by atoms with Gasteiger partial charge in [-0.3, -0.25) is 9.59 Å². The maximum absolute atomic E-state index is 12.5. The van der Waals surface area contributed by atoms with Crippen molar-refractivity contribution < 1.29 is 19.1 Å². The quantitative estimate of drug-likeness (QED) is 0.584. The lowest BCUT2D eigenvalue weighted by Gasteiger charge is -2.18. The average molecular weight is 338 g/mol. The molecule has 0 amide bonds. The molecule has 0 aliphatic heterocycles. The van der Waals surface area contributed by atoms with Crippen molar-refractivity contribution >= 4 is 23.2 Å². The molecular weight excluding hydrogens is 318 g/mol. The second kappa shape index (κ2) is 7.47. The number of methoxy groups -OCH3 is 2. The van der Waals surface area contributed by atoms with Crippen LogP contribution < -0.4 is 9.47 Å². The van der Waals surface area contributed by atoms with Crippen LogP contribution in [0.4, 0.5) is 0 Å². The molecular formula is C17H20ClNO4. The number of hydrogen-bond donors (Lipinski definition) is 0. The molecule has 1 atom stereocenters. The van der Waals surface area contributed by atoms with Crippen LogP contribution in [0, 0.1) is 22.7 Å². The molecule has 23 heavy (non-hydrogen) atoms. The number of carbonyl (C=O) groups is 2. The molecule has 0 heterocycles. The fourth-order valence-corrected chi connectivity index (χ4v) is 2.42. The van der Waals surface area contributed by atoms with Crippen molar-refractivity contribution in [1.29, 1.82) is 5.26 Å². The van der Waals surface area contributed by atoms with Crippen molar-refractivity contribution in [2.24, 2.45) is 11.3 Å². The summed E-state index contributed by atoms with van der Waals surface area (Å²) in [6.07, 6.45) is 0.137. The summed E-state index contributed by atoms with van der Waals surface area (Å²) in [5.41, 5.74) is -0.164. The van der Waals surface area contributed by atoms with Gasteiger partial charge in [0.05, 0.1) is 25.3 Å². The van der Waals surface area contributed by atoms with E-state index in [1.54, 1.807) is 6.07 Å². The molecule has 0 unspecified atom stereocenters. The van der Waals surface area contributed by atoms with Gasteiger partial charge in [-0.05, 0) is 17.5 Å². The van der Waals surface area contributed by atoms with Crippen molar-refractivity contribution in [3.63, 3.8) is 0 Å². The third kappa shape index (κ3) is 4.70. The number of hydrogen-bond acceptors (Lipinski definition) is 5. The Morgan fingerprint density at radius 2 is 1.87 bits per heavy atom. The molecule has 1 rings (SSSR count). The van der Waals surface area contributed by atoms with Gasteiger partial charge < -0.3 is 9.47 Å². The first-order valence-corrected chi connectivity index (χ1v) is 7.40. The van der Waals surface area contributed by atoms with E-state index in [2.05, 4.69) is 0 Å². The van der Waals surface area contributed by atoms with E-state index in [4.69, 9.17) is 21.1 Å². The van der Waals surface area contributed by atoms with Gasteiger partial charge in [0.15, 0.2) is 29.0 Å². The number of carbonyl (C=O) groups excluding carboxylic acids is 2. The van der Waals surface area contributed by atoms with E-state index in [9.17, 15) is 14.9 Å². The van der Waals surface area contributed by atoms with E-state index < -0.39 is 17.5 Å². The van der Waals surface area contributed by atoms with Gasteiger partial charge in [-0.15, -0.1) is 0 Å². The molecule has 1 aromatic carbocycles. The predicted molar refractivity (Wildman–Crippen MR) is 87.1 cm³/mol. The lowest BCUT2D eigenvalue weighted by atomic mass is 9.83. The minimum Gasteiger partial charge on any atom is -0.493 e. The van der Waals surface area contributed by atoms with Gasteiger partial charge in [0.25, 0.3) is 0 Å². The third-order valence-corrected chi connectivity index (χ3v) is 3.42. The molecule has 0 radical (unpaired) electrons. The second-order valence-corrected chi connectivity index (χ2v) is 6.73. The van der Waals surface area contributed by atoms with E-state index in [-0.39, 0.29) is 28.2 Å². The normalized spacial score (nSPS) is 12.2. The highest BCUT2D eigenvalue weighted by molar-refractivity contribution is 6.33. The number of Topliss-reactive ketones (excluding diaryl/α,β-unsaturated/α-hetero) is 2. The molecule has 0 aliphatic rings. The molecule has 0 saturated carbocycles. The van der Waals surface area contributed by atoms with Crippen LogP contribution in [0.2, 0.25) is 5.02 Å². The van der Waals surface area contributed by atoms with Gasteiger partial charge in [-0.1, -0.05) is 32.4 Å². The fourth-order valence-electron chi connectivity index (χ4n) is 2.13. The minimum absolute atomic E-state index is 0.137. The summed E-state index contributed by atoms with van der Waals surface area (Å²) in [7, 11) is 2.84. The summed E-state index contributed by atoms with van der Waals surface area (Å²) in [6, 6.07) is 4.59. The molecule has 6 heteroatoms. The zero-order chi connectivity index (χ0) is 17.8. The molecule has 0 saturated heterocycles. The highest BCUT2D eigenvalue weighted by atomic mass is 35.5. The van der Waals surface area contributed by atoms with E-state index in [0.717, 1.165) is 0 Å². The second-order valence-electron chi connectivity index (χ2n) is 6.32. The number of halogens is 1. The van der Waals surface area contributed by atoms with Crippen molar-refractivity contribution in [1.82, 2.24) is 0 Å². The SMILES string of the molecule is COc1cc(C(=O)[C@H](C#N)C(=O)CC(C)(C)C)cc(Cl)c1OC. The molecule has 0 spiro atoms. The van der Waals surface area contributed by atoms with Gasteiger partial charge in [0.2, 0.25) is 0 Å². The van der Waals surface area contributed by atoms with E-state index in [0.29, 0.717) is 5.75 Å². The van der Waals surface area contributed by atoms with Crippen LogP contribution in [0.15, 0.2) is 12.1 Å². The van der Waals surface area contributed by atoms with E-state index >= 15 is 0 Å². The topological polar surface area (TPSA) is 76.4 Å². The monoisotopic (exact) mass is 337 g/mol. The van der Waals surface area contributed by atoms with Gasteiger partial charge in [0.1, 0.15) is 0 Å². The lowest BCUT2D eigenvalue weighted by molar-refractivity contribution is -0.121. The predicted octanol–water partition coefficient (Wildman–Crippen LogP) is 3.68. The molecule has 0 bridgehead atoms. The lowest BCUT2D eigenvalue weighted by Crippen LogP contribution is -2.26. The smallest absolute Gasteiger partial charge is 0.187 e. The zero-order valence-corrected chi connectivity index (χ0v) is 14.7. The van der Waals surface area contributed by atoms with E-state index in [1.165, 1.54) is 26.4 Å². The summed E-state index contributed by atoms with van der Waals surface area (Å²) >= 11 is 6.07. The summed E-state index contributed by atoms with van der Waals surface area (Å²) in [4.78, 5) is 24.8. The first kappa shape index (κ1) is 19.0. The van der Waals surface area contributed by atoms with Crippen LogP contribution in [-0.2, 0) is 4.79 Å². The Kier molecular flexibility index (Phi) is 6.17. The Morgan fingerprint density at radius 1 is 1.26 bits per heavy atom. The Balaban J connectivity index is 3.19. The molecule has 0 aromatic heterocycles. The summed E-state index contributed by atoms with van der Waals surface area (Å²) in [6.45, 7) is 5.62. The Labute approximate surface area is 141 Å². The van der Waals surface area contributed by atoms with Crippen LogP contribution in [0.1, 0.15) is 37.6 Å². The molecule has 0 N–H and O–H groups in total. The Hall–Kier alpha value is -2.06. The average Bonchev–Trinajstić information content (AvgIpc) is 2.44. The molecule has 0 aliphatic carbocycles. The van der Waals surface area contributed by atoms with Gasteiger partial charge in [0, 0.05) is 12.0 Å². The number of ketones is 2. The molecule has 124 valence electrons. The minimum atomic E-state index is -1.36. The fraction of sp³-hybridized carbons (Fsp3) is 0.471. The molecule has 0 fully saturated rings. The largest absolute Gasteiger partial charge is 0.493 e. The van der Waals surface area contributed by atoms with Crippen LogP contribution in [-0.4, -0.2) is 25.8 Å². The highest BCUT2D eigenvalue weighted by Gasteiger charge is 2.31. The van der Waals surface area contributed by atoms with Crippen molar-refractivity contribution in [2.75, 3.05) is 14.2 Å². The standard InChI is InChI=1S/C17H20ClNO4/c1-17(2,3)8-13(20)11(9-19)15(21)10-6-12(18)16(23-5)14(7-10)22-4/h6-7,11H,8H2,1-5H3/t11-/m1/s1. The number of nitriles is 1. The van der Waals surface area contributed by atoms with Crippen molar-refractivity contribution in [3.05, 3.63) is 22.7 Å². The molecule has 1 aromatic rings. The summed E-state index contributed by atoms with van der Waals surface area (Å²) < 4.78 is 10.2. The van der Waals surface area contributed by atoms with E-state index in [1.807, 2.05) is 20.8 Å². The number of benzene rings is 1. The maximum atomic E-state index is 12.5. The Bertz CT molecular complexity index is 656. The van der Waals surface area contributed by atoms with Gasteiger partial charge in [-0.2, -0.15) is 5.26 Å². The summed E-state index contributed by atoms with van der Waals surface area (Å²) in [5, 5.41) is 9.42. The Morgan fingerprint density at radius 3 is 2.30 bits per heavy atom. The van der Waals surface area contributed by atoms with Crippen LogP contribution in [0.5, 0.6) is 11.5 Å². The maximum Gasteiger partial charge on any atom is 0.187 e. The van der Waals surface area contributed by atoms with Crippen LogP contribution in [0.25, 0.3) is 0 Å². The van der Waals surface area contributed by atoms with Crippen LogP contribution in [0.3, 0.4) is 0 Å². The number of ether oxygens (including phenoxy) is 2. The highest BCUT2D eigenvalue weighted by Crippen LogP contribution is 2.36. The number of rotatable bonds is 6. The zero-order valence-electron chi connectivity index (χ0n) is 13.9. The first-order valence-electron chi connectivity index (χ1n) is 7.02. The summed E-state index contributed by atoms with van der Waals surface area (Å²) in [5.74, 6) is -1.80. The van der Waals surface area contributed by atoms with Crippen molar-refractivity contribution in [3.8, 4) is 17.6 Å². The van der Waals surface area contributed by atoms with Gasteiger partial charge >= 0.3 is 0 Å².